The molecule has 0 aliphatic carbocycles. The van der Waals surface area contributed by atoms with Crippen LogP contribution >= 0.6 is 23.1 Å². The number of nitrogens with zero attached hydrogens (tertiary/aromatic N) is 2. The Hall–Kier alpha value is -0.720. The minimum absolute atomic E-state index is 0.537. The van der Waals surface area contributed by atoms with Crippen molar-refractivity contribution in [3.63, 3.8) is 0 Å². The molecule has 2 N–H and O–H groups in total. The highest BCUT2D eigenvalue weighted by Crippen LogP contribution is 2.36. The molecule has 140 valence electrons. The van der Waals surface area contributed by atoms with Gasteiger partial charge in [0, 0.05) is 31.1 Å². The first-order chi connectivity index (χ1) is 12.3. The Kier molecular flexibility index (Phi) is 7.49. The zero-order valence-electron chi connectivity index (χ0n) is 15.5. The topological polar surface area (TPSA) is 39.7 Å². The lowest BCUT2D eigenvalue weighted by atomic mass is 9.88. The average molecular weight is 381 g/mol. The summed E-state index contributed by atoms with van der Waals surface area (Å²) < 4.78 is 0. The van der Waals surface area contributed by atoms with Gasteiger partial charge in [-0.3, -0.25) is 9.89 Å². The van der Waals surface area contributed by atoms with E-state index in [0.717, 1.165) is 25.0 Å². The summed E-state index contributed by atoms with van der Waals surface area (Å²) in [6, 6.07) is 5.00. The standard InChI is InChI=1S/C19H32N4S2/c1-20-19(21-13-15-7-11-24-12-8-15)22-14-16-5-3-9-23(2)18(16)17-6-4-10-25-17/h4,6,10,15-16,18H,3,5,7-9,11-14H2,1-2H3,(H2,20,21,22). The second-order valence-corrected chi connectivity index (χ2v) is 9.44. The molecule has 2 fully saturated rings. The maximum atomic E-state index is 4.44. The SMILES string of the molecule is CN=C(NCC1CCSCC1)NCC1CCCN(C)C1c1cccs1. The van der Waals surface area contributed by atoms with Crippen LogP contribution < -0.4 is 10.6 Å². The smallest absolute Gasteiger partial charge is 0.190 e. The monoisotopic (exact) mass is 380 g/mol. The molecule has 0 amide bonds. The number of aliphatic imine (C=N–C) groups is 1. The molecule has 0 radical (unpaired) electrons. The van der Waals surface area contributed by atoms with Crippen molar-refractivity contribution in [1.82, 2.24) is 15.5 Å². The summed E-state index contributed by atoms with van der Waals surface area (Å²) in [6.07, 6.45) is 5.25. The van der Waals surface area contributed by atoms with Crippen molar-refractivity contribution in [2.45, 2.75) is 31.7 Å². The van der Waals surface area contributed by atoms with Gasteiger partial charge in [0.2, 0.25) is 0 Å². The quantitative estimate of drug-likeness (QED) is 0.606. The van der Waals surface area contributed by atoms with Crippen LogP contribution in [0.1, 0.15) is 36.6 Å². The van der Waals surface area contributed by atoms with Crippen LogP contribution in [0.2, 0.25) is 0 Å². The van der Waals surface area contributed by atoms with Gasteiger partial charge in [0.05, 0.1) is 0 Å². The summed E-state index contributed by atoms with van der Waals surface area (Å²) in [4.78, 5) is 8.46. The van der Waals surface area contributed by atoms with Crippen LogP contribution in [0.4, 0.5) is 0 Å². The second-order valence-electron chi connectivity index (χ2n) is 7.23. The van der Waals surface area contributed by atoms with Crippen LogP contribution in [-0.4, -0.2) is 56.1 Å². The van der Waals surface area contributed by atoms with E-state index in [1.165, 1.54) is 48.6 Å². The van der Waals surface area contributed by atoms with Gasteiger partial charge in [0.1, 0.15) is 0 Å². The lowest BCUT2D eigenvalue weighted by molar-refractivity contribution is 0.125. The molecule has 3 heterocycles. The summed E-state index contributed by atoms with van der Waals surface area (Å²) in [6.45, 7) is 3.25. The Bertz CT molecular complexity index is 526. The van der Waals surface area contributed by atoms with Crippen molar-refractivity contribution in [2.24, 2.45) is 16.8 Å². The van der Waals surface area contributed by atoms with E-state index in [9.17, 15) is 0 Å². The van der Waals surface area contributed by atoms with Gasteiger partial charge >= 0.3 is 0 Å². The maximum Gasteiger partial charge on any atom is 0.190 e. The second kappa shape index (κ2) is 9.83. The normalized spacial score (nSPS) is 26.6. The Balaban J connectivity index is 1.51. The number of rotatable bonds is 5. The molecule has 3 rings (SSSR count). The minimum Gasteiger partial charge on any atom is -0.356 e. The number of hydrogen-bond acceptors (Lipinski definition) is 4. The first-order valence-corrected chi connectivity index (χ1v) is 11.6. The zero-order chi connectivity index (χ0) is 17.5. The fourth-order valence-corrected chi connectivity index (χ4v) is 6.21. The summed E-state index contributed by atoms with van der Waals surface area (Å²) in [5.41, 5.74) is 0. The first-order valence-electron chi connectivity index (χ1n) is 9.54. The fourth-order valence-electron chi connectivity index (χ4n) is 4.02. The lowest BCUT2D eigenvalue weighted by Gasteiger charge is -2.39. The van der Waals surface area contributed by atoms with Crippen molar-refractivity contribution >= 4 is 29.1 Å². The summed E-state index contributed by atoms with van der Waals surface area (Å²) in [5, 5.41) is 9.36. The van der Waals surface area contributed by atoms with Crippen molar-refractivity contribution in [2.75, 3.05) is 45.2 Å². The molecule has 2 unspecified atom stereocenters. The van der Waals surface area contributed by atoms with Crippen LogP contribution in [0, 0.1) is 11.8 Å². The Morgan fingerprint density at radius 2 is 2.04 bits per heavy atom. The Morgan fingerprint density at radius 3 is 2.76 bits per heavy atom. The third-order valence-corrected chi connectivity index (χ3v) is 7.49. The summed E-state index contributed by atoms with van der Waals surface area (Å²) >= 11 is 3.98. The molecule has 2 atom stereocenters. The van der Waals surface area contributed by atoms with Gasteiger partial charge < -0.3 is 10.6 Å². The highest BCUT2D eigenvalue weighted by atomic mass is 32.2. The van der Waals surface area contributed by atoms with E-state index < -0.39 is 0 Å². The van der Waals surface area contributed by atoms with Gasteiger partial charge in [-0.2, -0.15) is 11.8 Å². The number of piperidine rings is 1. The number of thioether (sulfide) groups is 1. The number of hydrogen-bond donors (Lipinski definition) is 2. The molecule has 0 spiro atoms. The van der Waals surface area contributed by atoms with Gasteiger partial charge in [-0.05, 0) is 74.1 Å². The van der Waals surface area contributed by atoms with Gasteiger partial charge in [-0.15, -0.1) is 11.3 Å². The molecular formula is C19H32N4S2. The predicted octanol–water partition coefficient (Wildman–Crippen LogP) is 3.44. The summed E-state index contributed by atoms with van der Waals surface area (Å²) in [5.74, 6) is 5.04. The summed E-state index contributed by atoms with van der Waals surface area (Å²) in [7, 11) is 4.15. The molecule has 1 aromatic rings. The van der Waals surface area contributed by atoms with Crippen LogP contribution in [0.5, 0.6) is 0 Å². The number of likely N-dealkylation sites (tertiary alicyclic amines) is 1. The largest absolute Gasteiger partial charge is 0.356 e. The fraction of sp³-hybridized carbons (Fsp3) is 0.737. The molecular weight excluding hydrogens is 348 g/mol. The van der Waals surface area contributed by atoms with Gasteiger partial charge in [0.25, 0.3) is 0 Å². The number of thiophene rings is 1. The lowest BCUT2D eigenvalue weighted by Crippen LogP contribution is -2.45. The van der Waals surface area contributed by atoms with Crippen LogP contribution in [0.15, 0.2) is 22.5 Å². The van der Waals surface area contributed by atoms with E-state index in [4.69, 9.17) is 0 Å². The third kappa shape index (κ3) is 5.38. The van der Waals surface area contributed by atoms with Crippen molar-refractivity contribution < 1.29 is 0 Å². The molecule has 2 aliphatic heterocycles. The molecule has 25 heavy (non-hydrogen) atoms. The molecule has 1 aromatic heterocycles. The van der Waals surface area contributed by atoms with E-state index in [0.29, 0.717) is 12.0 Å². The molecule has 0 bridgehead atoms. The van der Waals surface area contributed by atoms with E-state index in [1.807, 2.05) is 18.4 Å². The van der Waals surface area contributed by atoms with Crippen LogP contribution in [-0.2, 0) is 0 Å². The Morgan fingerprint density at radius 1 is 1.24 bits per heavy atom. The van der Waals surface area contributed by atoms with E-state index in [1.54, 1.807) is 0 Å². The van der Waals surface area contributed by atoms with Crippen molar-refractivity contribution in [3.05, 3.63) is 22.4 Å². The van der Waals surface area contributed by atoms with Crippen molar-refractivity contribution in [3.8, 4) is 0 Å². The Labute approximate surface area is 160 Å². The molecule has 0 aromatic carbocycles. The molecule has 4 nitrogen and oxygen atoms in total. The number of guanidine groups is 1. The molecule has 2 aliphatic rings. The predicted molar refractivity (Wildman–Crippen MR) is 112 cm³/mol. The van der Waals surface area contributed by atoms with Crippen LogP contribution in [0.25, 0.3) is 0 Å². The van der Waals surface area contributed by atoms with Crippen molar-refractivity contribution in [1.29, 1.82) is 0 Å². The third-order valence-electron chi connectivity index (χ3n) is 5.50. The van der Waals surface area contributed by atoms with Gasteiger partial charge in [0.15, 0.2) is 5.96 Å². The van der Waals surface area contributed by atoms with E-state index in [-0.39, 0.29) is 0 Å². The molecule has 2 saturated heterocycles. The first kappa shape index (κ1) is 19.1. The maximum absolute atomic E-state index is 4.44. The van der Waals surface area contributed by atoms with E-state index in [2.05, 4.69) is 56.8 Å². The molecule has 6 heteroatoms. The van der Waals surface area contributed by atoms with E-state index >= 15 is 0 Å². The van der Waals surface area contributed by atoms with Crippen LogP contribution in [0.3, 0.4) is 0 Å². The molecule has 0 saturated carbocycles. The zero-order valence-corrected chi connectivity index (χ0v) is 17.2. The number of nitrogens with one attached hydrogen (secondary N) is 2. The van der Waals surface area contributed by atoms with Gasteiger partial charge in [-0.25, -0.2) is 0 Å². The minimum atomic E-state index is 0.537. The average Bonchev–Trinajstić information content (AvgIpc) is 3.17. The highest BCUT2D eigenvalue weighted by molar-refractivity contribution is 7.99. The van der Waals surface area contributed by atoms with Gasteiger partial charge in [-0.1, -0.05) is 6.07 Å². The highest BCUT2D eigenvalue weighted by Gasteiger charge is 2.31.